The highest BCUT2D eigenvalue weighted by Crippen LogP contribution is 2.49. The second-order valence-electron chi connectivity index (χ2n) is 4.72. The smallest absolute Gasteiger partial charge is 0.266 e. The maximum atomic E-state index is 13.9. The van der Waals surface area contributed by atoms with Gasteiger partial charge in [-0.1, -0.05) is 0 Å². The van der Waals surface area contributed by atoms with Gasteiger partial charge in [0.2, 0.25) is 0 Å². The van der Waals surface area contributed by atoms with Crippen LogP contribution in [0, 0.1) is 5.41 Å². The molecule has 0 saturated carbocycles. The normalized spacial score (nSPS) is 31.9. The molecule has 0 amide bonds. The molecule has 0 aliphatic carbocycles. The quantitative estimate of drug-likeness (QED) is 0.640. The summed E-state index contributed by atoms with van der Waals surface area (Å²) < 4.78 is 27.9. The number of nitrogens with zero attached hydrogens (tertiary/aromatic N) is 1. The highest BCUT2D eigenvalue weighted by Gasteiger charge is 2.55. The molecule has 2 fully saturated rings. The summed E-state index contributed by atoms with van der Waals surface area (Å²) in [6.07, 6.45) is 1.92. The van der Waals surface area contributed by atoms with Gasteiger partial charge in [-0.2, -0.15) is 0 Å². The number of hydrogen-bond donors (Lipinski definition) is 1. The lowest BCUT2D eigenvalue weighted by atomic mass is 9.69. The molecular formula is C10H18F2N2. The molecular weight excluding hydrogens is 186 g/mol. The molecule has 2 nitrogen and oxygen atoms in total. The molecule has 14 heavy (non-hydrogen) atoms. The van der Waals surface area contributed by atoms with E-state index in [1.54, 1.807) is 11.9 Å². The van der Waals surface area contributed by atoms with Gasteiger partial charge in [0.05, 0.1) is 6.54 Å². The summed E-state index contributed by atoms with van der Waals surface area (Å²) in [5, 5.41) is 3.16. The number of hydrogen-bond acceptors (Lipinski definition) is 2. The SMILES string of the molecule is CN1CCC2(CCNCC2)C(F)(F)C1. The molecule has 2 aliphatic rings. The minimum Gasteiger partial charge on any atom is -0.317 e. The Bertz CT molecular complexity index is 212. The van der Waals surface area contributed by atoms with Crippen molar-refractivity contribution in [3.05, 3.63) is 0 Å². The number of halogens is 2. The van der Waals surface area contributed by atoms with Crippen LogP contribution in [0.5, 0.6) is 0 Å². The first kappa shape index (κ1) is 10.3. The minimum atomic E-state index is -2.50. The van der Waals surface area contributed by atoms with Crippen LogP contribution in [0.4, 0.5) is 8.78 Å². The predicted octanol–water partition coefficient (Wildman–Crippen LogP) is 1.33. The van der Waals surface area contributed by atoms with Crippen molar-refractivity contribution in [3.8, 4) is 0 Å². The third-order valence-corrected chi connectivity index (χ3v) is 3.78. The van der Waals surface area contributed by atoms with Gasteiger partial charge in [-0.3, -0.25) is 0 Å². The van der Waals surface area contributed by atoms with E-state index >= 15 is 0 Å². The van der Waals surface area contributed by atoms with Gasteiger partial charge in [0, 0.05) is 5.41 Å². The fourth-order valence-electron chi connectivity index (χ4n) is 2.69. The van der Waals surface area contributed by atoms with Gasteiger partial charge in [0.25, 0.3) is 5.92 Å². The van der Waals surface area contributed by atoms with Gasteiger partial charge in [0.15, 0.2) is 0 Å². The van der Waals surface area contributed by atoms with E-state index < -0.39 is 11.3 Å². The Balaban J connectivity index is 2.16. The minimum absolute atomic E-state index is 0.0625. The van der Waals surface area contributed by atoms with Crippen LogP contribution < -0.4 is 5.32 Å². The molecule has 2 aliphatic heterocycles. The lowest BCUT2D eigenvalue weighted by Crippen LogP contribution is -2.57. The van der Waals surface area contributed by atoms with Crippen molar-refractivity contribution in [1.82, 2.24) is 10.2 Å². The first-order chi connectivity index (χ1) is 6.56. The summed E-state index contributed by atoms with van der Waals surface area (Å²) >= 11 is 0. The second-order valence-corrected chi connectivity index (χ2v) is 4.72. The standard InChI is InChI=1S/C10H18F2N2/c1-14-7-4-9(10(11,12)8-14)2-5-13-6-3-9/h13H,2-8H2,1H3. The molecule has 2 rings (SSSR count). The third-order valence-electron chi connectivity index (χ3n) is 3.78. The zero-order valence-corrected chi connectivity index (χ0v) is 8.65. The van der Waals surface area contributed by atoms with E-state index in [1.807, 2.05) is 0 Å². The van der Waals surface area contributed by atoms with Gasteiger partial charge in [-0.05, 0) is 45.9 Å². The lowest BCUT2D eigenvalue weighted by molar-refractivity contribution is -0.175. The highest BCUT2D eigenvalue weighted by molar-refractivity contribution is 5.00. The Kier molecular flexibility index (Phi) is 2.52. The summed E-state index contributed by atoms with van der Waals surface area (Å²) in [4.78, 5) is 1.74. The molecule has 0 aromatic carbocycles. The molecule has 1 spiro atoms. The summed E-state index contributed by atoms with van der Waals surface area (Å²) in [6, 6.07) is 0. The fraction of sp³-hybridized carbons (Fsp3) is 1.00. The van der Waals surface area contributed by atoms with Gasteiger partial charge in [0.1, 0.15) is 0 Å². The molecule has 1 N–H and O–H groups in total. The molecule has 0 bridgehead atoms. The van der Waals surface area contributed by atoms with Gasteiger partial charge < -0.3 is 10.2 Å². The van der Waals surface area contributed by atoms with E-state index in [-0.39, 0.29) is 6.54 Å². The Hall–Kier alpha value is -0.220. The van der Waals surface area contributed by atoms with Crippen molar-refractivity contribution in [3.63, 3.8) is 0 Å². The highest BCUT2D eigenvalue weighted by atomic mass is 19.3. The number of alkyl halides is 2. The fourth-order valence-corrected chi connectivity index (χ4v) is 2.69. The topological polar surface area (TPSA) is 15.3 Å². The van der Waals surface area contributed by atoms with Crippen molar-refractivity contribution >= 4 is 0 Å². The molecule has 4 heteroatoms. The summed E-state index contributed by atoms with van der Waals surface area (Å²) in [7, 11) is 1.78. The second kappa shape index (κ2) is 3.42. The largest absolute Gasteiger partial charge is 0.317 e. The van der Waals surface area contributed by atoms with Crippen LogP contribution in [0.15, 0.2) is 0 Å². The van der Waals surface area contributed by atoms with Crippen molar-refractivity contribution in [1.29, 1.82) is 0 Å². The van der Waals surface area contributed by atoms with Crippen LogP contribution in [0.2, 0.25) is 0 Å². The van der Waals surface area contributed by atoms with Crippen molar-refractivity contribution in [2.45, 2.75) is 25.2 Å². The van der Waals surface area contributed by atoms with Crippen LogP contribution in [-0.2, 0) is 0 Å². The van der Waals surface area contributed by atoms with E-state index in [1.165, 1.54) is 0 Å². The van der Waals surface area contributed by atoms with Crippen LogP contribution in [-0.4, -0.2) is 44.0 Å². The zero-order chi connectivity index (χ0) is 10.2. The van der Waals surface area contributed by atoms with Gasteiger partial charge in [-0.15, -0.1) is 0 Å². The Morgan fingerprint density at radius 2 is 1.79 bits per heavy atom. The molecule has 2 heterocycles. The molecule has 2 saturated heterocycles. The van der Waals surface area contributed by atoms with Crippen molar-refractivity contribution in [2.75, 3.05) is 33.2 Å². The Morgan fingerprint density at radius 1 is 1.14 bits per heavy atom. The third kappa shape index (κ3) is 1.54. The maximum absolute atomic E-state index is 13.9. The number of rotatable bonds is 0. The lowest BCUT2D eigenvalue weighted by Gasteiger charge is -2.48. The summed E-state index contributed by atoms with van der Waals surface area (Å²) in [6.45, 7) is 2.25. The maximum Gasteiger partial charge on any atom is 0.266 e. The number of likely N-dealkylation sites (tertiary alicyclic amines) is 1. The Morgan fingerprint density at radius 3 is 2.36 bits per heavy atom. The predicted molar refractivity (Wildman–Crippen MR) is 51.6 cm³/mol. The van der Waals surface area contributed by atoms with Gasteiger partial charge in [-0.25, -0.2) is 8.78 Å². The molecule has 0 aromatic rings. The van der Waals surface area contributed by atoms with Crippen LogP contribution in [0.1, 0.15) is 19.3 Å². The van der Waals surface area contributed by atoms with Crippen LogP contribution in [0.25, 0.3) is 0 Å². The molecule has 0 aromatic heterocycles. The van der Waals surface area contributed by atoms with E-state index in [0.29, 0.717) is 19.3 Å². The van der Waals surface area contributed by atoms with Crippen LogP contribution in [0.3, 0.4) is 0 Å². The number of piperidine rings is 2. The Labute approximate surface area is 83.7 Å². The average molecular weight is 204 g/mol. The number of nitrogens with one attached hydrogen (secondary N) is 1. The van der Waals surface area contributed by atoms with E-state index in [0.717, 1.165) is 19.6 Å². The summed E-state index contributed by atoms with van der Waals surface area (Å²) in [5.74, 6) is -2.50. The average Bonchev–Trinajstić information content (AvgIpc) is 2.14. The zero-order valence-electron chi connectivity index (χ0n) is 8.65. The molecule has 0 radical (unpaired) electrons. The van der Waals surface area contributed by atoms with E-state index in [2.05, 4.69) is 5.32 Å². The first-order valence-electron chi connectivity index (χ1n) is 5.33. The molecule has 0 atom stereocenters. The van der Waals surface area contributed by atoms with Gasteiger partial charge >= 0.3 is 0 Å². The van der Waals surface area contributed by atoms with Crippen molar-refractivity contribution < 1.29 is 8.78 Å². The first-order valence-corrected chi connectivity index (χ1v) is 5.33. The van der Waals surface area contributed by atoms with E-state index in [4.69, 9.17) is 0 Å². The van der Waals surface area contributed by atoms with E-state index in [9.17, 15) is 8.78 Å². The molecule has 0 unspecified atom stereocenters. The monoisotopic (exact) mass is 204 g/mol. The van der Waals surface area contributed by atoms with Crippen LogP contribution >= 0.6 is 0 Å². The summed E-state index contributed by atoms with van der Waals surface area (Å²) in [5.41, 5.74) is -0.704. The molecule has 82 valence electrons. The van der Waals surface area contributed by atoms with Crippen molar-refractivity contribution in [2.24, 2.45) is 5.41 Å².